The second-order valence-electron chi connectivity index (χ2n) is 5.00. The van der Waals surface area contributed by atoms with Crippen LogP contribution in [0.1, 0.15) is 25.8 Å². The summed E-state index contributed by atoms with van der Waals surface area (Å²) in [6.07, 6.45) is 2.56. The number of hydrogen-bond acceptors (Lipinski definition) is 4. The molecule has 0 unspecified atom stereocenters. The second-order valence-corrected chi connectivity index (χ2v) is 5.38. The van der Waals surface area contributed by atoms with Crippen LogP contribution in [0.25, 0.3) is 6.08 Å². The van der Waals surface area contributed by atoms with Gasteiger partial charge in [-0.3, -0.25) is 9.69 Å². The zero-order valence-corrected chi connectivity index (χ0v) is 14.3. The van der Waals surface area contributed by atoms with Gasteiger partial charge < -0.3 is 14.8 Å². The molecule has 6 heteroatoms. The summed E-state index contributed by atoms with van der Waals surface area (Å²) in [7, 11) is 0. The molecule has 1 aliphatic heterocycles. The Morgan fingerprint density at radius 1 is 1.22 bits per heavy atom. The summed E-state index contributed by atoms with van der Waals surface area (Å²) < 4.78 is 10.7. The minimum absolute atomic E-state index is 0.0969. The number of amides is 1. The van der Waals surface area contributed by atoms with Gasteiger partial charge in [0.15, 0.2) is 5.11 Å². The van der Waals surface area contributed by atoms with E-state index in [2.05, 4.69) is 5.32 Å². The van der Waals surface area contributed by atoms with Gasteiger partial charge >= 0.3 is 0 Å². The average Bonchev–Trinajstić information content (AvgIpc) is 2.81. The molecular formula is C17H22N2O3S. The van der Waals surface area contributed by atoms with E-state index >= 15 is 0 Å². The first-order chi connectivity index (χ1) is 11.2. The van der Waals surface area contributed by atoms with Crippen LogP contribution in [-0.4, -0.2) is 42.3 Å². The molecule has 124 valence electrons. The zero-order valence-electron chi connectivity index (χ0n) is 13.5. The van der Waals surface area contributed by atoms with Gasteiger partial charge in [-0.1, -0.05) is 12.1 Å². The fourth-order valence-corrected chi connectivity index (χ4v) is 2.52. The molecule has 1 aromatic rings. The van der Waals surface area contributed by atoms with Gasteiger partial charge in [-0.15, -0.1) is 0 Å². The van der Waals surface area contributed by atoms with Crippen molar-refractivity contribution in [2.24, 2.45) is 0 Å². The van der Waals surface area contributed by atoms with E-state index in [-0.39, 0.29) is 5.91 Å². The minimum Gasteiger partial charge on any atom is -0.494 e. The first-order valence-corrected chi connectivity index (χ1v) is 8.21. The van der Waals surface area contributed by atoms with E-state index in [1.54, 1.807) is 11.0 Å². The molecule has 0 saturated carbocycles. The summed E-state index contributed by atoms with van der Waals surface area (Å²) in [5.74, 6) is 0.716. The van der Waals surface area contributed by atoms with Crippen molar-refractivity contribution < 1.29 is 14.3 Å². The summed E-state index contributed by atoms with van der Waals surface area (Å²) in [6, 6.07) is 7.59. The Balaban J connectivity index is 2.00. The Morgan fingerprint density at radius 2 is 1.96 bits per heavy atom. The number of ether oxygens (including phenoxy) is 2. The van der Waals surface area contributed by atoms with Crippen LogP contribution >= 0.6 is 12.2 Å². The quantitative estimate of drug-likeness (QED) is 0.450. The van der Waals surface area contributed by atoms with E-state index in [1.165, 1.54) is 0 Å². The molecule has 0 radical (unpaired) electrons. The van der Waals surface area contributed by atoms with Gasteiger partial charge in [0.2, 0.25) is 0 Å². The van der Waals surface area contributed by atoms with Crippen LogP contribution in [0.2, 0.25) is 0 Å². The molecule has 0 bridgehead atoms. The number of nitrogens with zero attached hydrogens (tertiary/aromatic N) is 1. The van der Waals surface area contributed by atoms with Crippen molar-refractivity contribution in [3.8, 4) is 5.75 Å². The molecule has 1 amide bonds. The van der Waals surface area contributed by atoms with Gasteiger partial charge in [-0.05, 0) is 56.3 Å². The maximum Gasteiger partial charge on any atom is 0.276 e. The van der Waals surface area contributed by atoms with E-state index in [0.717, 1.165) is 17.7 Å². The smallest absolute Gasteiger partial charge is 0.276 e. The van der Waals surface area contributed by atoms with Crippen molar-refractivity contribution >= 4 is 29.3 Å². The molecule has 0 atom stereocenters. The molecule has 23 heavy (non-hydrogen) atoms. The van der Waals surface area contributed by atoms with Crippen molar-refractivity contribution in [2.75, 3.05) is 26.4 Å². The lowest BCUT2D eigenvalue weighted by atomic mass is 10.2. The van der Waals surface area contributed by atoms with Crippen LogP contribution < -0.4 is 10.1 Å². The van der Waals surface area contributed by atoms with Crippen molar-refractivity contribution in [2.45, 2.75) is 20.3 Å². The summed E-state index contributed by atoms with van der Waals surface area (Å²) in [4.78, 5) is 14.0. The molecule has 1 N–H and O–H groups in total. The molecule has 1 heterocycles. The zero-order chi connectivity index (χ0) is 16.7. The molecule has 0 spiro atoms. The molecule has 2 rings (SSSR count). The second kappa shape index (κ2) is 8.64. The highest BCUT2D eigenvalue weighted by atomic mass is 32.1. The number of thiocarbonyl (C=S) groups is 1. The first kappa shape index (κ1) is 17.4. The van der Waals surface area contributed by atoms with Crippen LogP contribution in [-0.2, 0) is 9.53 Å². The summed E-state index contributed by atoms with van der Waals surface area (Å²) in [6.45, 7) is 6.39. The Kier molecular flexibility index (Phi) is 6.55. The summed E-state index contributed by atoms with van der Waals surface area (Å²) in [5.41, 5.74) is 1.42. The highest BCUT2D eigenvalue weighted by Crippen LogP contribution is 2.17. The molecule has 1 aliphatic rings. The molecule has 0 aliphatic carbocycles. The van der Waals surface area contributed by atoms with Crippen LogP contribution in [0, 0.1) is 0 Å². The predicted molar refractivity (Wildman–Crippen MR) is 94.1 cm³/mol. The number of carbonyl (C=O) groups is 1. The van der Waals surface area contributed by atoms with Crippen LogP contribution in [0.5, 0.6) is 5.75 Å². The lowest BCUT2D eigenvalue weighted by Gasteiger charge is -2.13. The van der Waals surface area contributed by atoms with E-state index < -0.39 is 0 Å². The third-order valence-electron chi connectivity index (χ3n) is 3.34. The topological polar surface area (TPSA) is 50.8 Å². The first-order valence-electron chi connectivity index (χ1n) is 7.80. The number of benzene rings is 1. The Morgan fingerprint density at radius 3 is 2.61 bits per heavy atom. The maximum atomic E-state index is 12.4. The predicted octanol–water partition coefficient (Wildman–Crippen LogP) is 2.57. The van der Waals surface area contributed by atoms with Gasteiger partial charge in [-0.25, -0.2) is 0 Å². The summed E-state index contributed by atoms with van der Waals surface area (Å²) >= 11 is 5.24. The number of hydrogen-bond donors (Lipinski definition) is 1. The lowest BCUT2D eigenvalue weighted by Crippen LogP contribution is -2.32. The fraction of sp³-hybridized carbons (Fsp3) is 0.412. The van der Waals surface area contributed by atoms with Crippen LogP contribution in [0.15, 0.2) is 30.0 Å². The third kappa shape index (κ3) is 4.77. The molecular weight excluding hydrogens is 312 g/mol. The van der Waals surface area contributed by atoms with Gasteiger partial charge in [0.05, 0.1) is 6.61 Å². The average molecular weight is 334 g/mol. The highest BCUT2D eigenvalue weighted by molar-refractivity contribution is 7.80. The molecule has 1 saturated heterocycles. The minimum atomic E-state index is -0.0969. The maximum absolute atomic E-state index is 12.4. The van der Waals surface area contributed by atoms with Crippen molar-refractivity contribution in [3.63, 3.8) is 0 Å². The molecule has 1 fully saturated rings. The van der Waals surface area contributed by atoms with E-state index in [1.807, 2.05) is 38.1 Å². The molecule has 0 aromatic heterocycles. The number of carbonyl (C=O) groups excluding carboxylic acids is 1. The van der Waals surface area contributed by atoms with E-state index in [4.69, 9.17) is 21.7 Å². The molecule has 5 nitrogen and oxygen atoms in total. The van der Waals surface area contributed by atoms with Gasteiger partial charge in [0.25, 0.3) is 5.91 Å². The van der Waals surface area contributed by atoms with Crippen molar-refractivity contribution in [1.82, 2.24) is 10.2 Å². The fourth-order valence-electron chi connectivity index (χ4n) is 2.24. The number of nitrogens with one attached hydrogen (secondary N) is 1. The van der Waals surface area contributed by atoms with Gasteiger partial charge in [0, 0.05) is 19.8 Å². The Hall–Kier alpha value is -1.92. The third-order valence-corrected chi connectivity index (χ3v) is 3.66. The lowest BCUT2D eigenvalue weighted by molar-refractivity contribution is -0.122. The van der Waals surface area contributed by atoms with E-state index in [0.29, 0.717) is 37.2 Å². The SMILES string of the molecule is CCOCCCN1C(=O)/C(=C\c2ccc(OCC)cc2)NC1=S. The highest BCUT2D eigenvalue weighted by Gasteiger charge is 2.29. The van der Waals surface area contributed by atoms with E-state index in [9.17, 15) is 4.79 Å². The van der Waals surface area contributed by atoms with Crippen molar-refractivity contribution in [3.05, 3.63) is 35.5 Å². The Bertz CT molecular complexity index is 584. The Labute approximate surface area is 142 Å². The van der Waals surface area contributed by atoms with Crippen molar-refractivity contribution in [1.29, 1.82) is 0 Å². The van der Waals surface area contributed by atoms with Gasteiger partial charge in [-0.2, -0.15) is 0 Å². The normalized spacial score (nSPS) is 16.1. The number of rotatable bonds is 8. The monoisotopic (exact) mass is 334 g/mol. The van der Waals surface area contributed by atoms with Crippen LogP contribution in [0.4, 0.5) is 0 Å². The summed E-state index contributed by atoms with van der Waals surface area (Å²) in [5, 5.41) is 3.43. The largest absolute Gasteiger partial charge is 0.494 e. The standard InChI is InChI=1S/C17H22N2O3S/c1-3-21-11-5-10-19-16(20)15(18-17(19)23)12-13-6-8-14(9-7-13)22-4-2/h6-9,12H,3-5,10-11H2,1-2H3,(H,18,23)/b15-12+. The van der Waals surface area contributed by atoms with Gasteiger partial charge in [0.1, 0.15) is 11.4 Å². The van der Waals surface area contributed by atoms with Crippen LogP contribution in [0.3, 0.4) is 0 Å². The molecule has 1 aromatic carbocycles.